The average molecular weight is 256 g/mol. The van der Waals surface area contributed by atoms with Crippen LogP contribution in [0, 0.1) is 11.3 Å². The van der Waals surface area contributed by atoms with E-state index in [2.05, 4.69) is 0 Å². The van der Waals surface area contributed by atoms with Crippen LogP contribution in [0.2, 0.25) is 0 Å². The molecule has 96 valence electrons. The van der Waals surface area contributed by atoms with E-state index in [4.69, 9.17) is 15.7 Å². The summed E-state index contributed by atoms with van der Waals surface area (Å²) >= 11 is 0. The highest BCUT2D eigenvalue weighted by atomic mass is 19.4. The van der Waals surface area contributed by atoms with E-state index in [1.54, 1.807) is 6.07 Å². The fraction of sp³-hybridized carbons (Fsp3) is 0.417. The molecule has 6 heteroatoms. The van der Waals surface area contributed by atoms with Crippen LogP contribution in [0.5, 0.6) is 5.75 Å². The molecular formula is C12H11F3N2O. The molecule has 0 atom stereocenters. The molecule has 0 radical (unpaired) electrons. The highest BCUT2D eigenvalue weighted by Gasteiger charge is 2.32. The molecule has 0 saturated heterocycles. The highest BCUT2D eigenvalue weighted by Crippen LogP contribution is 2.33. The van der Waals surface area contributed by atoms with Gasteiger partial charge in [-0.05, 0) is 31.0 Å². The molecule has 1 aromatic rings. The second-order valence-electron chi connectivity index (χ2n) is 4.29. The normalized spacial score (nSPS) is 23.1. The monoisotopic (exact) mass is 256 g/mol. The first kappa shape index (κ1) is 12.7. The molecule has 0 heterocycles. The molecule has 3 nitrogen and oxygen atoms in total. The van der Waals surface area contributed by atoms with Crippen LogP contribution in [0.25, 0.3) is 0 Å². The number of nitriles is 1. The zero-order valence-corrected chi connectivity index (χ0v) is 9.37. The summed E-state index contributed by atoms with van der Waals surface area (Å²) in [4.78, 5) is 0. The molecule has 1 fully saturated rings. The zero-order valence-electron chi connectivity index (χ0n) is 9.37. The summed E-state index contributed by atoms with van der Waals surface area (Å²) in [7, 11) is 0. The number of rotatable bonds is 2. The SMILES string of the molecule is N#Cc1cc(C(F)(F)F)ccc1OC1CC(N)C1. The van der Waals surface area contributed by atoms with E-state index in [1.165, 1.54) is 6.07 Å². The minimum absolute atomic E-state index is 0.0787. The second-order valence-corrected chi connectivity index (χ2v) is 4.29. The Hall–Kier alpha value is -1.74. The Labute approximate surface area is 102 Å². The third-order valence-electron chi connectivity index (χ3n) is 2.85. The molecule has 0 unspecified atom stereocenters. The Balaban J connectivity index is 2.19. The number of ether oxygens (including phenoxy) is 1. The average Bonchev–Trinajstić information content (AvgIpc) is 2.26. The minimum Gasteiger partial charge on any atom is -0.489 e. The molecule has 0 bridgehead atoms. The summed E-state index contributed by atoms with van der Waals surface area (Å²) in [5, 5.41) is 8.84. The van der Waals surface area contributed by atoms with E-state index in [9.17, 15) is 13.2 Å². The van der Waals surface area contributed by atoms with Crippen molar-refractivity contribution in [3.8, 4) is 11.8 Å². The van der Waals surface area contributed by atoms with Crippen LogP contribution in [0.15, 0.2) is 18.2 Å². The summed E-state index contributed by atoms with van der Waals surface area (Å²) in [6, 6.07) is 4.69. The van der Waals surface area contributed by atoms with Gasteiger partial charge in [0.1, 0.15) is 17.9 Å². The quantitative estimate of drug-likeness (QED) is 0.884. The van der Waals surface area contributed by atoms with Crippen molar-refractivity contribution < 1.29 is 17.9 Å². The summed E-state index contributed by atoms with van der Waals surface area (Å²) in [6.45, 7) is 0. The van der Waals surface area contributed by atoms with Crippen molar-refractivity contribution >= 4 is 0 Å². The lowest BCUT2D eigenvalue weighted by molar-refractivity contribution is -0.137. The van der Waals surface area contributed by atoms with Gasteiger partial charge in [-0.25, -0.2) is 0 Å². The van der Waals surface area contributed by atoms with E-state index in [1.807, 2.05) is 0 Å². The lowest BCUT2D eigenvalue weighted by atomic mass is 9.90. The van der Waals surface area contributed by atoms with Crippen LogP contribution in [-0.2, 0) is 6.18 Å². The minimum atomic E-state index is -4.46. The molecular weight excluding hydrogens is 245 g/mol. The van der Waals surface area contributed by atoms with Gasteiger partial charge in [-0.3, -0.25) is 0 Å². The third kappa shape index (κ3) is 2.57. The molecule has 0 aromatic heterocycles. The van der Waals surface area contributed by atoms with E-state index < -0.39 is 11.7 Å². The third-order valence-corrected chi connectivity index (χ3v) is 2.85. The van der Waals surface area contributed by atoms with Gasteiger partial charge >= 0.3 is 6.18 Å². The maximum absolute atomic E-state index is 12.5. The van der Waals surface area contributed by atoms with Gasteiger partial charge in [0.25, 0.3) is 0 Å². The molecule has 0 spiro atoms. The van der Waals surface area contributed by atoms with Crippen LogP contribution in [0.3, 0.4) is 0 Å². The first-order chi connectivity index (χ1) is 8.40. The van der Waals surface area contributed by atoms with Gasteiger partial charge in [0, 0.05) is 6.04 Å². The maximum Gasteiger partial charge on any atom is 0.416 e. The lowest BCUT2D eigenvalue weighted by Crippen LogP contribution is -2.43. The Morgan fingerprint density at radius 1 is 1.33 bits per heavy atom. The van der Waals surface area contributed by atoms with Crippen molar-refractivity contribution in [1.82, 2.24) is 0 Å². The van der Waals surface area contributed by atoms with Crippen molar-refractivity contribution in [2.75, 3.05) is 0 Å². The van der Waals surface area contributed by atoms with E-state index >= 15 is 0 Å². The fourth-order valence-corrected chi connectivity index (χ4v) is 1.78. The molecule has 2 N–H and O–H groups in total. The largest absolute Gasteiger partial charge is 0.489 e. The van der Waals surface area contributed by atoms with Crippen molar-refractivity contribution in [3.63, 3.8) is 0 Å². The standard InChI is InChI=1S/C12H11F3N2O/c13-12(14,15)8-1-2-11(7(3-8)6-16)18-10-4-9(17)5-10/h1-3,9-10H,4-5,17H2. The lowest BCUT2D eigenvalue weighted by Gasteiger charge is -2.32. The molecule has 0 aliphatic heterocycles. The smallest absolute Gasteiger partial charge is 0.416 e. The van der Waals surface area contributed by atoms with Gasteiger partial charge in [-0.15, -0.1) is 0 Å². The van der Waals surface area contributed by atoms with E-state index in [0.717, 1.165) is 12.1 Å². The Bertz CT molecular complexity index is 487. The van der Waals surface area contributed by atoms with Gasteiger partial charge in [0.05, 0.1) is 11.1 Å². The number of benzene rings is 1. The second kappa shape index (κ2) is 4.50. The van der Waals surface area contributed by atoms with Crippen LogP contribution in [-0.4, -0.2) is 12.1 Å². The van der Waals surface area contributed by atoms with E-state index in [-0.39, 0.29) is 23.5 Å². The molecule has 1 aliphatic rings. The molecule has 1 aliphatic carbocycles. The van der Waals surface area contributed by atoms with Gasteiger partial charge in [-0.1, -0.05) is 0 Å². The summed E-state index contributed by atoms with van der Waals surface area (Å²) in [6.07, 6.45) is -3.25. The molecule has 1 saturated carbocycles. The van der Waals surface area contributed by atoms with E-state index in [0.29, 0.717) is 12.8 Å². The number of hydrogen-bond acceptors (Lipinski definition) is 3. The van der Waals surface area contributed by atoms with Gasteiger partial charge in [0.2, 0.25) is 0 Å². The predicted octanol–water partition coefficient (Wildman–Crippen LogP) is 2.45. The number of hydrogen-bond donors (Lipinski definition) is 1. The van der Waals surface area contributed by atoms with Crippen LogP contribution < -0.4 is 10.5 Å². The maximum atomic E-state index is 12.5. The summed E-state index contributed by atoms with van der Waals surface area (Å²) < 4.78 is 42.8. The topological polar surface area (TPSA) is 59.0 Å². The van der Waals surface area contributed by atoms with Crippen LogP contribution in [0.1, 0.15) is 24.0 Å². The summed E-state index contributed by atoms with van der Waals surface area (Å²) in [5.74, 6) is 0.183. The van der Waals surface area contributed by atoms with Gasteiger partial charge in [0.15, 0.2) is 0 Å². The van der Waals surface area contributed by atoms with Crippen LogP contribution in [0.4, 0.5) is 13.2 Å². The Morgan fingerprint density at radius 3 is 2.50 bits per heavy atom. The van der Waals surface area contributed by atoms with Crippen molar-refractivity contribution in [1.29, 1.82) is 5.26 Å². The van der Waals surface area contributed by atoms with Crippen molar-refractivity contribution in [2.45, 2.75) is 31.2 Å². The number of halogens is 3. The zero-order chi connectivity index (χ0) is 13.3. The summed E-state index contributed by atoms with van der Waals surface area (Å²) in [5.41, 5.74) is 4.62. The molecule has 18 heavy (non-hydrogen) atoms. The Morgan fingerprint density at radius 2 is 2.00 bits per heavy atom. The molecule has 1 aromatic carbocycles. The first-order valence-electron chi connectivity index (χ1n) is 5.43. The number of alkyl halides is 3. The van der Waals surface area contributed by atoms with Gasteiger partial charge in [-0.2, -0.15) is 18.4 Å². The Kier molecular flexibility index (Phi) is 3.18. The highest BCUT2D eigenvalue weighted by molar-refractivity contribution is 5.46. The van der Waals surface area contributed by atoms with Crippen LogP contribution >= 0.6 is 0 Å². The molecule has 2 rings (SSSR count). The van der Waals surface area contributed by atoms with Crippen molar-refractivity contribution in [2.24, 2.45) is 5.73 Å². The molecule has 0 amide bonds. The number of nitrogens with zero attached hydrogens (tertiary/aromatic N) is 1. The number of nitrogens with two attached hydrogens (primary N) is 1. The predicted molar refractivity (Wildman–Crippen MR) is 57.8 cm³/mol. The van der Waals surface area contributed by atoms with Crippen molar-refractivity contribution in [3.05, 3.63) is 29.3 Å². The van der Waals surface area contributed by atoms with Gasteiger partial charge < -0.3 is 10.5 Å². The fourth-order valence-electron chi connectivity index (χ4n) is 1.78. The first-order valence-corrected chi connectivity index (χ1v) is 5.43.